The van der Waals surface area contributed by atoms with Gasteiger partial charge in [-0.2, -0.15) is 0 Å². The Morgan fingerprint density at radius 3 is 2.83 bits per heavy atom. The molecule has 2 heterocycles. The monoisotopic (exact) mass is 270 g/mol. The highest BCUT2D eigenvalue weighted by Crippen LogP contribution is 2.31. The summed E-state index contributed by atoms with van der Waals surface area (Å²) in [6.45, 7) is 0. The van der Waals surface area contributed by atoms with Crippen molar-refractivity contribution in [3.63, 3.8) is 0 Å². The minimum atomic E-state index is -3.28. The highest BCUT2D eigenvalue weighted by Gasteiger charge is 2.34. The summed E-state index contributed by atoms with van der Waals surface area (Å²) in [5.74, 6) is -0.372. The molecule has 2 aromatic rings. The number of nitrogens with zero attached hydrogens (tertiary/aromatic N) is 1. The van der Waals surface area contributed by atoms with Crippen LogP contribution in [0.5, 0.6) is 0 Å². The van der Waals surface area contributed by atoms with Crippen LogP contribution in [0.1, 0.15) is 18.2 Å². The van der Waals surface area contributed by atoms with E-state index in [2.05, 4.69) is 4.98 Å². The number of halogens is 1. The Hall–Kier alpha value is -1.63. The topological polar surface area (TPSA) is 71.9 Å². The molecule has 5 nitrogen and oxygen atoms in total. The van der Waals surface area contributed by atoms with Crippen LogP contribution in [0.15, 0.2) is 23.0 Å². The zero-order valence-corrected chi connectivity index (χ0v) is 10.2. The van der Waals surface area contributed by atoms with E-state index in [4.69, 9.17) is 0 Å². The Balaban J connectivity index is 2.30. The normalized spacial score (nSPS) is 22.6. The standard InChI is InChI=1S/C11H11FN2O3S/c12-7-3-4-9-8(6-7)13-11(15)14(9)10-2-1-5-18(10,16)17/h3-4,6,10H,1-2,5H2,(H,13,15). The number of benzene rings is 1. The maximum absolute atomic E-state index is 13.1. The van der Waals surface area contributed by atoms with Crippen LogP contribution in [0.3, 0.4) is 0 Å². The van der Waals surface area contributed by atoms with Gasteiger partial charge in [0.25, 0.3) is 0 Å². The van der Waals surface area contributed by atoms with Gasteiger partial charge in [0.1, 0.15) is 11.2 Å². The third-order valence-electron chi connectivity index (χ3n) is 3.26. The molecule has 1 fully saturated rings. The van der Waals surface area contributed by atoms with E-state index in [1.54, 1.807) is 0 Å². The van der Waals surface area contributed by atoms with Crippen LogP contribution < -0.4 is 5.69 Å². The third kappa shape index (κ3) is 1.58. The Labute approximate surface area is 102 Å². The van der Waals surface area contributed by atoms with E-state index in [-0.39, 0.29) is 5.75 Å². The molecule has 0 radical (unpaired) electrons. The summed E-state index contributed by atoms with van der Waals surface area (Å²) in [6.07, 6.45) is 0.972. The van der Waals surface area contributed by atoms with Gasteiger partial charge in [0.2, 0.25) is 0 Å². The molecule has 1 aliphatic rings. The van der Waals surface area contributed by atoms with E-state index in [1.165, 1.54) is 22.8 Å². The molecule has 0 spiro atoms. The van der Waals surface area contributed by atoms with Crippen LogP contribution in [0, 0.1) is 5.82 Å². The molecule has 1 N–H and O–H groups in total. The second-order valence-electron chi connectivity index (χ2n) is 4.43. The van der Waals surface area contributed by atoms with Crippen molar-refractivity contribution in [3.8, 4) is 0 Å². The number of aromatic nitrogens is 2. The minimum absolute atomic E-state index is 0.0952. The lowest BCUT2D eigenvalue weighted by Gasteiger charge is -2.11. The molecular formula is C11H11FN2O3S. The average molecular weight is 270 g/mol. The number of aromatic amines is 1. The van der Waals surface area contributed by atoms with Crippen molar-refractivity contribution in [3.05, 3.63) is 34.5 Å². The second kappa shape index (κ2) is 3.68. The number of nitrogens with one attached hydrogen (secondary N) is 1. The van der Waals surface area contributed by atoms with Gasteiger partial charge in [-0.25, -0.2) is 17.6 Å². The average Bonchev–Trinajstić information content (AvgIpc) is 2.76. The molecule has 1 atom stereocenters. The number of H-pyrrole nitrogens is 1. The van der Waals surface area contributed by atoms with E-state index in [0.29, 0.717) is 23.9 Å². The van der Waals surface area contributed by atoms with Gasteiger partial charge >= 0.3 is 5.69 Å². The largest absolute Gasteiger partial charge is 0.327 e. The molecule has 18 heavy (non-hydrogen) atoms. The first-order chi connectivity index (χ1) is 8.49. The van der Waals surface area contributed by atoms with Gasteiger partial charge < -0.3 is 4.98 Å². The van der Waals surface area contributed by atoms with Crippen LogP contribution in [-0.4, -0.2) is 23.7 Å². The lowest BCUT2D eigenvalue weighted by molar-refractivity contribution is 0.556. The predicted octanol–water partition coefficient (Wildman–Crippen LogP) is 1.18. The van der Waals surface area contributed by atoms with Crippen LogP contribution in [0.2, 0.25) is 0 Å². The maximum Gasteiger partial charge on any atom is 0.327 e. The summed E-state index contributed by atoms with van der Waals surface area (Å²) >= 11 is 0. The zero-order valence-electron chi connectivity index (χ0n) is 9.39. The summed E-state index contributed by atoms with van der Waals surface area (Å²) in [5.41, 5.74) is 0.241. The minimum Gasteiger partial charge on any atom is -0.305 e. The summed E-state index contributed by atoms with van der Waals surface area (Å²) in [7, 11) is -3.28. The van der Waals surface area contributed by atoms with Crippen molar-refractivity contribution in [2.75, 3.05) is 5.75 Å². The highest BCUT2D eigenvalue weighted by molar-refractivity contribution is 7.91. The summed E-state index contributed by atoms with van der Waals surface area (Å²) in [4.78, 5) is 14.3. The van der Waals surface area contributed by atoms with Crippen molar-refractivity contribution in [1.29, 1.82) is 0 Å². The maximum atomic E-state index is 13.1. The fourth-order valence-corrected chi connectivity index (χ4v) is 4.35. The Bertz CT molecular complexity index is 775. The number of hydrogen-bond acceptors (Lipinski definition) is 3. The number of rotatable bonds is 1. The van der Waals surface area contributed by atoms with Gasteiger partial charge in [-0.1, -0.05) is 0 Å². The van der Waals surface area contributed by atoms with Gasteiger partial charge in [0.05, 0.1) is 16.8 Å². The van der Waals surface area contributed by atoms with Gasteiger partial charge in [0, 0.05) is 0 Å². The van der Waals surface area contributed by atoms with Crippen LogP contribution in [0.4, 0.5) is 4.39 Å². The molecule has 0 amide bonds. The molecular weight excluding hydrogens is 259 g/mol. The Kier molecular flexibility index (Phi) is 2.34. The molecule has 1 aliphatic heterocycles. The van der Waals surface area contributed by atoms with Crippen molar-refractivity contribution in [2.24, 2.45) is 0 Å². The van der Waals surface area contributed by atoms with Crippen molar-refractivity contribution in [1.82, 2.24) is 9.55 Å². The van der Waals surface area contributed by atoms with Crippen molar-refractivity contribution >= 4 is 20.9 Å². The molecule has 1 aromatic heterocycles. The summed E-state index contributed by atoms with van der Waals surface area (Å²) in [6, 6.07) is 3.83. The molecule has 0 saturated carbocycles. The van der Waals surface area contributed by atoms with E-state index < -0.39 is 26.7 Å². The van der Waals surface area contributed by atoms with E-state index in [9.17, 15) is 17.6 Å². The molecule has 7 heteroatoms. The summed E-state index contributed by atoms with van der Waals surface area (Å²) < 4.78 is 38.0. The number of hydrogen-bond donors (Lipinski definition) is 1. The van der Waals surface area contributed by atoms with Crippen molar-refractivity contribution in [2.45, 2.75) is 18.2 Å². The lowest BCUT2D eigenvalue weighted by Crippen LogP contribution is -2.25. The first-order valence-corrected chi connectivity index (χ1v) is 7.32. The SMILES string of the molecule is O=c1[nH]c2cc(F)ccc2n1C1CCCS1(=O)=O. The molecule has 0 bridgehead atoms. The Morgan fingerprint density at radius 1 is 1.39 bits per heavy atom. The van der Waals surface area contributed by atoms with Crippen LogP contribution >= 0.6 is 0 Å². The molecule has 1 unspecified atom stereocenters. The predicted molar refractivity (Wildman–Crippen MR) is 64.6 cm³/mol. The van der Waals surface area contributed by atoms with E-state index in [1.807, 2.05) is 0 Å². The summed E-state index contributed by atoms with van der Waals surface area (Å²) in [5, 5.41) is -0.829. The lowest BCUT2D eigenvalue weighted by atomic mass is 10.3. The number of sulfone groups is 1. The molecule has 3 rings (SSSR count). The van der Waals surface area contributed by atoms with Crippen LogP contribution in [-0.2, 0) is 9.84 Å². The molecule has 1 aromatic carbocycles. The fraction of sp³-hybridized carbons (Fsp3) is 0.364. The quantitative estimate of drug-likeness (QED) is 0.845. The van der Waals surface area contributed by atoms with Crippen molar-refractivity contribution < 1.29 is 12.8 Å². The van der Waals surface area contributed by atoms with Gasteiger partial charge in [-0.3, -0.25) is 4.57 Å². The molecule has 0 aliphatic carbocycles. The second-order valence-corrected chi connectivity index (χ2v) is 6.70. The molecule has 96 valence electrons. The van der Waals surface area contributed by atoms with Gasteiger partial charge in [-0.15, -0.1) is 0 Å². The van der Waals surface area contributed by atoms with Gasteiger partial charge in [0.15, 0.2) is 9.84 Å². The first-order valence-electron chi connectivity index (χ1n) is 5.60. The van der Waals surface area contributed by atoms with Crippen LogP contribution in [0.25, 0.3) is 11.0 Å². The number of imidazole rings is 1. The zero-order chi connectivity index (χ0) is 12.9. The van der Waals surface area contributed by atoms with E-state index >= 15 is 0 Å². The fourth-order valence-electron chi connectivity index (χ4n) is 2.45. The molecule has 1 saturated heterocycles. The first kappa shape index (κ1) is 11.5. The highest BCUT2D eigenvalue weighted by atomic mass is 32.2. The van der Waals surface area contributed by atoms with E-state index in [0.717, 1.165) is 0 Å². The Morgan fingerprint density at radius 2 is 2.17 bits per heavy atom. The third-order valence-corrected chi connectivity index (χ3v) is 5.39. The van der Waals surface area contributed by atoms with Gasteiger partial charge in [-0.05, 0) is 31.0 Å². The smallest absolute Gasteiger partial charge is 0.305 e. The number of fused-ring (bicyclic) bond motifs is 1.